The molecule has 0 saturated heterocycles. The third kappa shape index (κ3) is 1.26. The van der Waals surface area contributed by atoms with Crippen LogP contribution in [0.1, 0.15) is 36.8 Å². The van der Waals surface area contributed by atoms with Gasteiger partial charge in [0.05, 0.1) is 0 Å². The molecule has 2 saturated carbocycles. The summed E-state index contributed by atoms with van der Waals surface area (Å²) >= 11 is 0. The maximum absolute atomic E-state index is 13.2. The Bertz CT molecular complexity index is 415. The zero-order valence-corrected chi connectivity index (χ0v) is 9.67. The number of rotatable bonds is 1. The second-order valence-corrected chi connectivity index (χ2v) is 5.39. The van der Waals surface area contributed by atoms with Crippen molar-refractivity contribution in [1.29, 1.82) is 0 Å². The Hall–Kier alpha value is -0.890. The first-order chi connectivity index (χ1) is 7.64. The summed E-state index contributed by atoms with van der Waals surface area (Å²) in [6.07, 6.45) is 5.11. The van der Waals surface area contributed by atoms with Gasteiger partial charge in [-0.1, -0.05) is 25.0 Å². The van der Waals surface area contributed by atoms with E-state index < -0.39 is 0 Å². The van der Waals surface area contributed by atoms with Crippen LogP contribution in [0.4, 0.5) is 4.39 Å². The summed E-state index contributed by atoms with van der Waals surface area (Å²) in [5.41, 5.74) is 8.23. The lowest BCUT2D eigenvalue weighted by Gasteiger charge is -2.13. The summed E-state index contributed by atoms with van der Waals surface area (Å²) in [5, 5.41) is 0. The quantitative estimate of drug-likeness (QED) is 0.771. The highest BCUT2D eigenvalue weighted by Crippen LogP contribution is 2.62. The van der Waals surface area contributed by atoms with Gasteiger partial charge in [-0.05, 0) is 48.8 Å². The molecule has 2 aliphatic rings. The first kappa shape index (κ1) is 10.3. The van der Waals surface area contributed by atoms with Gasteiger partial charge in [0.1, 0.15) is 5.82 Å². The van der Waals surface area contributed by atoms with Crippen molar-refractivity contribution in [2.75, 3.05) is 0 Å². The molecule has 0 bridgehead atoms. The van der Waals surface area contributed by atoms with Crippen LogP contribution < -0.4 is 5.73 Å². The van der Waals surface area contributed by atoms with E-state index in [0.717, 1.165) is 5.56 Å². The maximum Gasteiger partial charge on any atom is 0.126 e. The van der Waals surface area contributed by atoms with Crippen molar-refractivity contribution in [1.82, 2.24) is 0 Å². The normalized spacial score (nSPS) is 36.9. The van der Waals surface area contributed by atoms with E-state index in [2.05, 4.69) is 0 Å². The fraction of sp³-hybridized carbons (Fsp3) is 0.571. The lowest BCUT2D eigenvalue weighted by Crippen LogP contribution is -2.24. The summed E-state index contributed by atoms with van der Waals surface area (Å²) < 4.78 is 13.2. The van der Waals surface area contributed by atoms with Crippen molar-refractivity contribution in [2.24, 2.45) is 17.6 Å². The van der Waals surface area contributed by atoms with E-state index >= 15 is 0 Å². The monoisotopic (exact) mass is 219 g/mol. The Morgan fingerprint density at radius 3 is 2.44 bits per heavy atom. The van der Waals surface area contributed by atoms with E-state index in [9.17, 15) is 4.39 Å². The molecule has 2 heteroatoms. The van der Waals surface area contributed by atoms with Crippen LogP contribution in [0.5, 0.6) is 0 Å². The van der Waals surface area contributed by atoms with Crippen LogP contribution >= 0.6 is 0 Å². The molecule has 0 spiro atoms. The molecule has 0 aromatic heterocycles. The van der Waals surface area contributed by atoms with E-state index in [0.29, 0.717) is 17.4 Å². The molecular formula is C14H18FN. The average molecular weight is 219 g/mol. The van der Waals surface area contributed by atoms with Gasteiger partial charge in [0, 0.05) is 5.54 Å². The molecule has 16 heavy (non-hydrogen) atoms. The van der Waals surface area contributed by atoms with Crippen molar-refractivity contribution < 1.29 is 4.39 Å². The smallest absolute Gasteiger partial charge is 0.126 e. The van der Waals surface area contributed by atoms with E-state index in [4.69, 9.17) is 5.73 Å². The minimum absolute atomic E-state index is 0.129. The van der Waals surface area contributed by atoms with E-state index in [1.165, 1.54) is 25.7 Å². The summed E-state index contributed by atoms with van der Waals surface area (Å²) in [6.45, 7) is 1.81. The van der Waals surface area contributed by atoms with Gasteiger partial charge in [0.2, 0.25) is 0 Å². The molecular weight excluding hydrogens is 201 g/mol. The molecule has 0 radical (unpaired) electrons. The Balaban J connectivity index is 1.95. The van der Waals surface area contributed by atoms with Gasteiger partial charge >= 0.3 is 0 Å². The van der Waals surface area contributed by atoms with Crippen LogP contribution in [0.15, 0.2) is 18.2 Å². The number of halogens is 1. The fourth-order valence-corrected chi connectivity index (χ4v) is 3.51. The molecule has 2 atom stereocenters. The van der Waals surface area contributed by atoms with Crippen LogP contribution in [0.2, 0.25) is 0 Å². The first-order valence-electron chi connectivity index (χ1n) is 6.19. The second-order valence-electron chi connectivity index (χ2n) is 5.39. The van der Waals surface area contributed by atoms with Crippen molar-refractivity contribution in [3.63, 3.8) is 0 Å². The van der Waals surface area contributed by atoms with Crippen molar-refractivity contribution >= 4 is 0 Å². The van der Waals surface area contributed by atoms with Gasteiger partial charge in [-0.3, -0.25) is 0 Å². The molecule has 2 aliphatic carbocycles. The fourth-order valence-electron chi connectivity index (χ4n) is 3.51. The van der Waals surface area contributed by atoms with Crippen molar-refractivity contribution in [3.8, 4) is 0 Å². The molecule has 2 fully saturated rings. The molecule has 1 nitrogen and oxygen atoms in total. The Kier molecular flexibility index (Phi) is 2.12. The SMILES string of the molecule is Cc1cc(C2(N)C3CCCCC32)ccc1F. The average Bonchev–Trinajstić information content (AvgIpc) is 2.91. The van der Waals surface area contributed by atoms with Crippen LogP contribution in [0.3, 0.4) is 0 Å². The third-order valence-corrected chi connectivity index (χ3v) is 4.54. The van der Waals surface area contributed by atoms with Gasteiger partial charge < -0.3 is 5.73 Å². The minimum atomic E-state index is -0.144. The number of nitrogens with two attached hydrogens (primary N) is 1. The maximum atomic E-state index is 13.2. The zero-order valence-electron chi connectivity index (χ0n) is 9.67. The summed E-state index contributed by atoms with van der Waals surface area (Å²) in [4.78, 5) is 0. The Labute approximate surface area is 95.8 Å². The summed E-state index contributed by atoms with van der Waals surface area (Å²) in [6, 6.07) is 5.37. The predicted octanol–water partition coefficient (Wildman–Crippen LogP) is 3.11. The summed E-state index contributed by atoms with van der Waals surface area (Å²) in [7, 11) is 0. The largest absolute Gasteiger partial charge is 0.321 e. The predicted molar refractivity (Wildman–Crippen MR) is 62.5 cm³/mol. The number of hydrogen-bond acceptors (Lipinski definition) is 1. The van der Waals surface area contributed by atoms with Gasteiger partial charge in [-0.2, -0.15) is 0 Å². The van der Waals surface area contributed by atoms with Gasteiger partial charge in [-0.25, -0.2) is 4.39 Å². The molecule has 2 N–H and O–H groups in total. The van der Waals surface area contributed by atoms with Crippen LogP contribution in [0, 0.1) is 24.6 Å². The highest BCUT2D eigenvalue weighted by Gasteiger charge is 2.62. The number of benzene rings is 1. The van der Waals surface area contributed by atoms with Crippen molar-refractivity contribution in [2.45, 2.75) is 38.1 Å². The van der Waals surface area contributed by atoms with Gasteiger partial charge in [0.25, 0.3) is 0 Å². The molecule has 0 amide bonds. The standard InChI is InChI=1S/C14H18FN/c1-9-8-10(6-7-13(9)15)14(16)11-4-2-3-5-12(11)14/h6-8,11-12H,2-5,16H2,1H3. The highest BCUT2D eigenvalue weighted by molar-refractivity contribution is 5.38. The van der Waals surface area contributed by atoms with Gasteiger partial charge in [-0.15, -0.1) is 0 Å². The lowest BCUT2D eigenvalue weighted by atomic mass is 9.99. The molecule has 3 rings (SSSR count). The lowest BCUT2D eigenvalue weighted by molar-refractivity contribution is 0.480. The Morgan fingerprint density at radius 2 is 1.88 bits per heavy atom. The van der Waals surface area contributed by atoms with Crippen molar-refractivity contribution in [3.05, 3.63) is 35.1 Å². The van der Waals surface area contributed by atoms with Crippen LogP contribution in [-0.4, -0.2) is 0 Å². The number of hydrogen-bond donors (Lipinski definition) is 1. The summed E-state index contributed by atoms with van der Waals surface area (Å²) in [5.74, 6) is 1.16. The van der Waals surface area contributed by atoms with Gasteiger partial charge in [0.15, 0.2) is 0 Å². The minimum Gasteiger partial charge on any atom is -0.321 e. The molecule has 86 valence electrons. The molecule has 0 heterocycles. The van der Waals surface area contributed by atoms with E-state index in [1.54, 1.807) is 6.07 Å². The number of fused-ring (bicyclic) bond motifs is 1. The number of aryl methyl sites for hydroxylation is 1. The second kappa shape index (κ2) is 3.30. The molecule has 2 unspecified atom stereocenters. The van der Waals surface area contributed by atoms with E-state index in [-0.39, 0.29) is 11.4 Å². The first-order valence-corrected chi connectivity index (χ1v) is 6.19. The highest BCUT2D eigenvalue weighted by atomic mass is 19.1. The molecule has 0 aliphatic heterocycles. The third-order valence-electron chi connectivity index (χ3n) is 4.54. The zero-order chi connectivity index (χ0) is 11.3. The van der Waals surface area contributed by atoms with Crippen LogP contribution in [0.25, 0.3) is 0 Å². The van der Waals surface area contributed by atoms with Crippen LogP contribution in [-0.2, 0) is 5.54 Å². The molecule has 1 aromatic carbocycles. The van der Waals surface area contributed by atoms with E-state index in [1.807, 2.05) is 19.1 Å². The topological polar surface area (TPSA) is 26.0 Å². The molecule has 1 aromatic rings. The Morgan fingerprint density at radius 1 is 1.25 bits per heavy atom.